The van der Waals surface area contributed by atoms with Gasteiger partial charge in [-0.2, -0.15) is 0 Å². The topological polar surface area (TPSA) is 67.4 Å². The van der Waals surface area contributed by atoms with Crippen molar-refractivity contribution < 1.29 is 14.3 Å². The number of esters is 1. The fourth-order valence-electron chi connectivity index (χ4n) is 3.03. The molecule has 0 saturated heterocycles. The Morgan fingerprint density at radius 2 is 2.09 bits per heavy atom. The lowest BCUT2D eigenvalue weighted by atomic mass is 9.97. The van der Waals surface area contributed by atoms with Crippen molar-refractivity contribution in [1.82, 2.24) is 10.6 Å². The van der Waals surface area contributed by atoms with Crippen LogP contribution in [0.4, 0.5) is 4.79 Å². The zero-order valence-electron chi connectivity index (χ0n) is 12.6. The largest absolute Gasteiger partial charge is 0.459 e. The Morgan fingerprint density at radius 3 is 2.77 bits per heavy atom. The van der Waals surface area contributed by atoms with E-state index in [1.165, 1.54) is 17.8 Å². The van der Waals surface area contributed by atoms with Gasteiger partial charge in [0.2, 0.25) is 0 Å². The van der Waals surface area contributed by atoms with Gasteiger partial charge in [0.25, 0.3) is 0 Å². The zero-order valence-corrected chi connectivity index (χ0v) is 13.4. The van der Waals surface area contributed by atoms with Crippen LogP contribution in [-0.4, -0.2) is 18.1 Å². The van der Waals surface area contributed by atoms with Crippen molar-refractivity contribution in [2.24, 2.45) is 0 Å². The molecule has 1 aliphatic heterocycles. The van der Waals surface area contributed by atoms with Gasteiger partial charge in [-0.1, -0.05) is 12.5 Å². The molecule has 1 aromatic heterocycles. The molecule has 1 fully saturated rings. The normalized spacial score (nSPS) is 23.0. The van der Waals surface area contributed by atoms with Crippen LogP contribution in [0.5, 0.6) is 0 Å². The van der Waals surface area contributed by atoms with E-state index in [0.29, 0.717) is 11.3 Å². The van der Waals surface area contributed by atoms with Crippen LogP contribution in [0.1, 0.15) is 49.9 Å². The molecule has 2 N–H and O–H groups in total. The summed E-state index contributed by atoms with van der Waals surface area (Å²) < 4.78 is 5.68. The molecule has 118 valence electrons. The monoisotopic (exact) mass is 320 g/mol. The predicted octanol–water partition coefficient (Wildman–Crippen LogP) is 3.25. The van der Waals surface area contributed by atoms with Crippen molar-refractivity contribution in [3.63, 3.8) is 0 Å². The summed E-state index contributed by atoms with van der Waals surface area (Å²) in [5.74, 6) is -0.324. The fraction of sp³-hybridized carbons (Fsp3) is 0.500. The van der Waals surface area contributed by atoms with Crippen molar-refractivity contribution in [1.29, 1.82) is 0 Å². The lowest BCUT2D eigenvalue weighted by Crippen LogP contribution is -2.45. The molecular formula is C16H20N2O3S. The Kier molecular flexibility index (Phi) is 4.47. The maximum atomic E-state index is 12.6. The second-order valence-electron chi connectivity index (χ2n) is 5.75. The molecule has 6 heteroatoms. The number of carbonyl (C=O) groups is 2. The Morgan fingerprint density at radius 1 is 1.32 bits per heavy atom. The van der Waals surface area contributed by atoms with E-state index < -0.39 is 6.04 Å². The summed E-state index contributed by atoms with van der Waals surface area (Å²) in [6, 6.07) is 3.12. The summed E-state index contributed by atoms with van der Waals surface area (Å²) >= 11 is 1.52. The molecule has 22 heavy (non-hydrogen) atoms. The highest BCUT2D eigenvalue weighted by Crippen LogP contribution is 2.31. The fourth-order valence-corrected chi connectivity index (χ4v) is 3.82. The maximum absolute atomic E-state index is 12.6. The number of hydrogen-bond acceptors (Lipinski definition) is 4. The van der Waals surface area contributed by atoms with Crippen molar-refractivity contribution in [3.05, 3.63) is 33.7 Å². The molecule has 0 spiro atoms. The van der Waals surface area contributed by atoms with Gasteiger partial charge in [0.15, 0.2) is 0 Å². The molecule has 1 atom stereocenters. The van der Waals surface area contributed by atoms with Crippen LogP contribution in [0.15, 0.2) is 28.8 Å². The molecular weight excluding hydrogens is 300 g/mol. The quantitative estimate of drug-likeness (QED) is 0.840. The average molecular weight is 320 g/mol. The summed E-state index contributed by atoms with van der Waals surface area (Å²) in [7, 11) is 0. The summed E-state index contributed by atoms with van der Waals surface area (Å²) in [5, 5.41) is 7.43. The van der Waals surface area contributed by atoms with Crippen molar-refractivity contribution >= 4 is 23.3 Å². The standard InChI is InChI=1S/C16H20N2O3S/c1-10-13(15(19)21-11-6-3-2-4-7-11)14(18-16(20)17-10)12-8-5-9-22-12/h5,8-9,11,14H,2-4,6-7H2,1H3,(H2,17,18,20). The number of rotatable bonds is 3. The number of amides is 2. The van der Waals surface area contributed by atoms with Gasteiger partial charge in [-0.05, 0) is 44.1 Å². The van der Waals surface area contributed by atoms with Gasteiger partial charge in [-0.25, -0.2) is 9.59 Å². The van der Waals surface area contributed by atoms with Gasteiger partial charge < -0.3 is 15.4 Å². The first-order valence-electron chi connectivity index (χ1n) is 7.68. The SMILES string of the molecule is CC1=C(C(=O)OC2CCCCC2)C(c2cccs2)NC(=O)N1. The lowest BCUT2D eigenvalue weighted by molar-refractivity contribution is -0.146. The average Bonchev–Trinajstić information content (AvgIpc) is 3.01. The molecule has 1 saturated carbocycles. The maximum Gasteiger partial charge on any atom is 0.338 e. The van der Waals surface area contributed by atoms with E-state index in [1.54, 1.807) is 6.92 Å². The third-order valence-electron chi connectivity index (χ3n) is 4.14. The van der Waals surface area contributed by atoms with Crippen LogP contribution in [0.2, 0.25) is 0 Å². The van der Waals surface area contributed by atoms with Crippen molar-refractivity contribution in [2.45, 2.75) is 51.2 Å². The molecule has 0 radical (unpaired) electrons. The molecule has 0 aromatic carbocycles. The van der Waals surface area contributed by atoms with Gasteiger partial charge in [-0.15, -0.1) is 11.3 Å². The van der Waals surface area contributed by atoms with E-state index in [4.69, 9.17) is 4.74 Å². The Balaban J connectivity index is 1.82. The molecule has 2 aliphatic rings. The van der Waals surface area contributed by atoms with Crippen LogP contribution in [0.25, 0.3) is 0 Å². The first-order valence-corrected chi connectivity index (χ1v) is 8.56. The van der Waals surface area contributed by atoms with Gasteiger partial charge >= 0.3 is 12.0 Å². The molecule has 3 rings (SSSR count). The number of ether oxygens (including phenoxy) is 1. The highest BCUT2D eigenvalue weighted by atomic mass is 32.1. The van der Waals surface area contributed by atoms with E-state index in [9.17, 15) is 9.59 Å². The lowest BCUT2D eigenvalue weighted by Gasteiger charge is -2.29. The van der Waals surface area contributed by atoms with E-state index >= 15 is 0 Å². The molecule has 2 amide bonds. The summed E-state index contributed by atoms with van der Waals surface area (Å²) in [5.41, 5.74) is 1.08. The number of allylic oxidation sites excluding steroid dienone is 1. The number of carbonyl (C=O) groups excluding carboxylic acids is 2. The first-order chi connectivity index (χ1) is 10.6. The van der Waals surface area contributed by atoms with Crippen LogP contribution in [0.3, 0.4) is 0 Å². The molecule has 0 bridgehead atoms. The van der Waals surface area contributed by atoms with Gasteiger partial charge in [0.1, 0.15) is 6.10 Å². The summed E-state index contributed by atoms with van der Waals surface area (Å²) in [6.07, 6.45) is 5.30. The van der Waals surface area contributed by atoms with Gasteiger partial charge in [0.05, 0.1) is 11.6 Å². The second kappa shape index (κ2) is 6.52. The number of urea groups is 1. The van der Waals surface area contributed by atoms with E-state index in [2.05, 4.69) is 10.6 Å². The first kappa shape index (κ1) is 15.1. The van der Waals surface area contributed by atoms with Gasteiger partial charge in [0, 0.05) is 10.6 Å². The van der Waals surface area contributed by atoms with Crippen LogP contribution in [-0.2, 0) is 9.53 Å². The van der Waals surface area contributed by atoms with Crippen LogP contribution >= 0.6 is 11.3 Å². The predicted molar refractivity (Wildman–Crippen MR) is 84.4 cm³/mol. The Labute approximate surface area is 133 Å². The minimum Gasteiger partial charge on any atom is -0.459 e. The molecule has 5 nitrogen and oxygen atoms in total. The number of nitrogens with one attached hydrogen (secondary N) is 2. The van der Waals surface area contributed by atoms with Gasteiger partial charge in [-0.3, -0.25) is 0 Å². The Bertz CT molecular complexity index is 589. The molecule has 1 aliphatic carbocycles. The third-order valence-corrected chi connectivity index (χ3v) is 5.08. The highest BCUT2D eigenvalue weighted by Gasteiger charge is 2.34. The zero-order chi connectivity index (χ0) is 15.5. The minimum atomic E-state index is -0.426. The van der Waals surface area contributed by atoms with Crippen molar-refractivity contribution in [3.8, 4) is 0 Å². The van der Waals surface area contributed by atoms with Crippen LogP contribution < -0.4 is 10.6 Å². The van der Waals surface area contributed by atoms with E-state index in [1.807, 2.05) is 17.5 Å². The van der Waals surface area contributed by atoms with Crippen LogP contribution in [0, 0.1) is 0 Å². The molecule has 1 aromatic rings. The van der Waals surface area contributed by atoms with E-state index in [0.717, 1.165) is 30.6 Å². The molecule has 1 unspecified atom stereocenters. The van der Waals surface area contributed by atoms with Crippen molar-refractivity contribution in [2.75, 3.05) is 0 Å². The molecule has 2 heterocycles. The number of thiophene rings is 1. The van der Waals surface area contributed by atoms with E-state index in [-0.39, 0.29) is 18.1 Å². The second-order valence-corrected chi connectivity index (χ2v) is 6.73. The minimum absolute atomic E-state index is 0.00293. The smallest absolute Gasteiger partial charge is 0.338 e. The Hall–Kier alpha value is -1.82. The highest BCUT2D eigenvalue weighted by molar-refractivity contribution is 7.10. The summed E-state index contributed by atoms with van der Waals surface area (Å²) in [4.78, 5) is 25.3. The third kappa shape index (κ3) is 3.16. The number of hydrogen-bond donors (Lipinski definition) is 2. The summed E-state index contributed by atoms with van der Waals surface area (Å²) in [6.45, 7) is 1.75.